The summed E-state index contributed by atoms with van der Waals surface area (Å²) in [6, 6.07) is 0.153. The molecule has 19 nitrogen and oxygen atoms in total. The number of aldehydes is 1. The molecule has 4 heterocycles. The van der Waals surface area contributed by atoms with Crippen LogP contribution in [0.1, 0.15) is 41.9 Å². The Morgan fingerprint density at radius 3 is 2.09 bits per heavy atom. The third-order valence-electron chi connectivity index (χ3n) is 10.8. The average Bonchev–Trinajstić information content (AvgIpc) is 3.14. The van der Waals surface area contributed by atoms with E-state index in [0.29, 0.717) is 42.7 Å². The molecule has 2 fully saturated rings. The van der Waals surface area contributed by atoms with Crippen LogP contribution in [0.5, 0.6) is 0 Å². The van der Waals surface area contributed by atoms with Crippen LogP contribution < -0.4 is 25.9 Å². The van der Waals surface area contributed by atoms with E-state index in [2.05, 4.69) is 10.2 Å². The van der Waals surface area contributed by atoms with E-state index in [4.69, 9.17) is 4.74 Å². The molecule has 0 spiro atoms. The number of carbonyl (C=O) groups excluding carboxylic acids is 4. The number of aromatic nitrogens is 1. The number of ether oxygens (including phenoxy) is 1. The molecule has 2 atom stereocenters. The Labute approximate surface area is 348 Å². The first-order valence-electron chi connectivity index (χ1n) is 19.0. The predicted octanol–water partition coefficient (Wildman–Crippen LogP) is -3.73. The maximum atomic E-state index is 15.8. The molecule has 1 amide bonds. The molecule has 3 aliphatic heterocycles. The third kappa shape index (κ3) is 12.3. The molecule has 2 saturated heterocycles. The Morgan fingerprint density at radius 2 is 1.52 bits per heavy atom. The fraction of sp³-hybridized carbons (Fsp3) is 0.622. The maximum absolute atomic E-state index is 15.8. The van der Waals surface area contributed by atoms with Gasteiger partial charge in [0.1, 0.15) is 29.9 Å². The van der Waals surface area contributed by atoms with Crippen molar-refractivity contribution in [3.63, 3.8) is 0 Å². The van der Waals surface area contributed by atoms with Gasteiger partial charge >= 0.3 is 25.8 Å². The molecule has 0 aliphatic carbocycles. The topological polar surface area (TPSA) is 244 Å². The van der Waals surface area contributed by atoms with Crippen LogP contribution >= 0.6 is 0 Å². The van der Waals surface area contributed by atoms with Crippen molar-refractivity contribution in [1.29, 1.82) is 0 Å². The van der Waals surface area contributed by atoms with Crippen LogP contribution in [0.15, 0.2) is 17.1 Å². The van der Waals surface area contributed by atoms with Gasteiger partial charge in [-0.1, -0.05) is 0 Å². The number of carboxylic acid groups (broad SMARTS) is 3. The number of pyridine rings is 1. The van der Waals surface area contributed by atoms with Crippen LogP contribution in [-0.2, 0) is 30.5 Å². The average molecular weight is 874 g/mol. The summed E-state index contributed by atoms with van der Waals surface area (Å²) in [6.45, 7) is 5.51. The van der Waals surface area contributed by atoms with Gasteiger partial charge in [-0.05, 0) is 32.9 Å². The SMILES string of the molecule is CC1OCc2c(N3CCN(C)CC3)c(F)cc3c(=O)c(C(=O)NCCCC(C(=O)O)N4CCN(CC=O)CCN(CC(=O)[O-])CCN(CC(=O)[O-])CC4)cn1c23.[Ga+3].[OH-]. The zero-order chi connectivity index (χ0) is 40.5. The van der Waals surface area contributed by atoms with Gasteiger partial charge in [0.05, 0.1) is 36.3 Å². The van der Waals surface area contributed by atoms with E-state index >= 15 is 4.39 Å². The number of nitrogens with one attached hydrogen (secondary N) is 1. The van der Waals surface area contributed by atoms with Crippen LogP contribution in [0, 0.1) is 5.82 Å². The molecule has 1 aromatic carbocycles. The summed E-state index contributed by atoms with van der Waals surface area (Å²) in [6.07, 6.45) is 1.89. The standard InChI is InChI=1S/C37H53FN8O10.Ga.H2O/c1-25-46-21-27(35(52)26-20-29(38)34(28(24-56-25)33(26)46)45-14-6-40(2)7-15-45)36(53)39-5-3-4-30(37(54)55)44-16-12-41(18-19-47)8-9-42(22-31(48)49)10-11-43(13-17-44)23-32(50)51;;/h19-21,25,30H,3-18,22-24H2,1-2H3,(H,39,53)(H,48,49)(H,50,51)(H,54,55);;1H2/q;+3;/p-3. The summed E-state index contributed by atoms with van der Waals surface area (Å²) in [5, 5.41) is 36.0. The van der Waals surface area contributed by atoms with Crippen molar-refractivity contribution in [1.82, 2.24) is 34.4 Å². The second-order valence-corrected chi connectivity index (χ2v) is 14.6. The zero-order valence-corrected chi connectivity index (χ0v) is 35.4. The number of aliphatic carboxylic acids is 3. The van der Waals surface area contributed by atoms with Gasteiger partial charge in [0, 0.05) is 115 Å². The number of nitrogens with zero attached hydrogens (tertiary/aromatic N) is 7. The van der Waals surface area contributed by atoms with Gasteiger partial charge in [0.15, 0.2) is 0 Å². The molecule has 58 heavy (non-hydrogen) atoms. The van der Waals surface area contributed by atoms with Crippen LogP contribution in [-0.4, -0.2) is 207 Å². The van der Waals surface area contributed by atoms with Crippen molar-refractivity contribution in [3.8, 4) is 0 Å². The number of halogens is 1. The normalized spacial score (nSPS) is 19.8. The second kappa shape index (κ2) is 22.4. The summed E-state index contributed by atoms with van der Waals surface area (Å²) in [4.78, 5) is 84.9. The van der Waals surface area contributed by atoms with Gasteiger partial charge in [-0.3, -0.25) is 34.0 Å². The van der Waals surface area contributed by atoms with Gasteiger partial charge in [-0.15, -0.1) is 0 Å². The van der Waals surface area contributed by atoms with Gasteiger partial charge in [0.25, 0.3) is 5.91 Å². The number of carbonyl (C=O) groups is 5. The number of carboxylic acids is 3. The predicted molar refractivity (Wildman–Crippen MR) is 205 cm³/mol. The first-order valence-corrected chi connectivity index (χ1v) is 19.0. The fourth-order valence-electron chi connectivity index (χ4n) is 7.69. The number of benzene rings is 1. The minimum absolute atomic E-state index is 0. The van der Waals surface area contributed by atoms with E-state index in [1.807, 2.05) is 11.9 Å². The van der Waals surface area contributed by atoms with Crippen molar-refractivity contribution in [2.75, 3.05) is 117 Å². The number of amides is 1. The van der Waals surface area contributed by atoms with E-state index in [-0.39, 0.29) is 121 Å². The van der Waals surface area contributed by atoms with Crippen molar-refractivity contribution in [2.24, 2.45) is 0 Å². The number of rotatable bonds is 14. The quantitative estimate of drug-likeness (QED) is 0.105. The van der Waals surface area contributed by atoms with Crippen LogP contribution in [0.2, 0.25) is 0 Å². The van der Waals surface area contributed by atoms with Crippen LogP contribution in [0.4, 0.5) is 10.1 Å². The van der Waals surface area contributed by atoms with E-state index in [1.54, 1.807) is 31.1 Å². The minimum Gasteiger partial charge on any atom is -0.870 e. The Kier molecular flexibility index (Phi) is 18.7. The van der Waals surface area contributed by atoms with Crippen molar-refractivity contribution < 1.29 is 53.9 Å². The first kappa shape index (κ1) is 48.4. The third-order valence-corrected chi connectivity index (χ3v) is 10.8. The number of likely N-dealkylation sites (N-methyl/N-ethyl adjacent to an activating group) is 1. The summed E-state index contributed by atoms with van der Waals surface area (Å²) < 4.78 is 23.4. The molecule has 2 aromatic rings. The van der Waals surface area contributed by atoms with E-state index in [1.165, 1.54) is 12.3 Å². The molecule has 0 bridgehead atoms. The van der Waals surface area contributed by atoms with Crippen LogP contribution in [0.25, 0.3) is 10.9 Å². The van der Waals surface area contributed by atoms with E-state index < -0.39 is 53.9 Å². The van der Waals surface area contributed by atoms with Crippen molar-refractivity contribution >= 4 is 66.5 Å². The number of piperazine rings is 1. The molecule has 0 saturated carbocycles. The summed E-state index contributed by atoms with van der Waals surface area (Å²) in [5.41, 5.74) is 0.654. The Balaban J connectivity index is 0.00000450. The second-order valence-electron chi connectivity index (χ2n) is 14.6. The first-order chi connectivity index (χ1) is 26.8. The molecule has 2 unspecified atom stereocenters. The molecule has 5 rings (SSSR count). The smallest absolute Gasteiger partial charge is 0.870 e. The van der Waals surface area contributed by atoms with E-state index in [9.17, 15) is 44.1 Å². The molecule has 0 radical (unpaired) electrons. The summed E-state index contributed by atoms with van der Waals surface area (Å²) in [5.74, 6) is -5.02. The summed E-state index contributed by atoms with van der Waals surface area (Å²) >= 11 is 0. The number of hydrogen-bond donors (Lipinski definition) is 2. The Morgan fingerprint density at radius 1 is 0.948 bits per heavy atom. The molecule has 3 aliphatic rings. The Bertz CT molecular complexity index is 1830. The van der Waals surface area contributed by atoms with Gasteiger partial charge < -0.3 is 59.6 Å². The van der Waals surface area contributed by atoms with Gasteiger partial charge in [-0.25, -0.2) is 4.39 Å². The van der Waals surface area contributed by atoms with Crippen LogP contribution in [0.3, 0.4) is 0 Å². The number of anilines is 1. The van der Waals surface area contributed by atoms with Gasteiger partial charge in [-0.2, -0.15) is 0 Å². The van der Waals surface area contributed by atoms with Crippen molar-refractivity contribution in [2.45, 2.75) is 38.6 Å². The molecular formula is C37H52FGaN8O11. The molecular weight excluding hydrogens is 821 g/mol. The van der Waals surface area contributed by atoms with E-state index in [0.717, 1.165) is 13.1 Å². The molecule has 1 aromatic heterocycles. The summed E-state index contributed by atoms with van der Waals surface area (Å²) in [7, 11) is 2.00. The largest absolute Gasteiger partial charge is 3.00 e. The van der Waals surface area contributed by atoms with Crippen molar-refractivity contribution in [3.05, 3.63) is 39.4 Å². The minimum atomic E-state index is -1.34. The zero-order valence-electron chi connectivity index (χ0n) is 33.0. The molecule has 21 heteroatoms. The molecule has 316 valence electrons. The maximum Gasteiger partial charge on any atom is 3.00 e. The molecule has 3 N–H and O–H groups in total. The monoisotopic (exact) mass is 872 g/mol. The number of hydrogen-bond acceptors (Lipinski definition) is 16. The van der Waals surface area contributed by atoms with Gasteiger partial charge in [0.2, 0.25) is 5.43 Å². The fourth-order valence-corrected chi connectivity index (χ4v) is 7.69. The Hall–Kier alpha value is -3.93.